The fourth-order valence-electron chi connectivity index (χ4n) is 2.38. The van der Waals surface area contributed by atoms with Crippen LogP contribution in [0.3, 0.4) is 0 Å². The van der Waals surface area contributed by atoms with Crippen molar-refractivity contribution in [2.24, 2.45) is 0 Å². The molecule has 0 bridgehead atoms. The Morgan fingerprint density at radius 1 is 1.40 bits per heavy atom. The first-order valence-electron chi connectivity index (χ1n) is 8.09. The second-order valence-electron chi connectivity index (χ2n) is 5.67. The van der Waals surface area contributed by atoms with Gasteiger partial charge in [0.05, 0.1) is 4.88 Å². The lowest BCUT2D eigenvalue weighted by atomic mass is 10.2. The molecule has 25 heavy (non-hydrogen) atoms. The first-order chi connectivity index (χ1) is 12.1. The van der Waals surface area contributed by atoms with Gasteiger partial charge in [-0.1, -0.05) is 19.4 Å². The van der Waals surface area contributed by atoms with Crippen LogP contribution in [-0.2, 0) is 4.79 Å². The first kappa shape index (κ1) is 17.1. The number of carbonyl (C=O) groups excluding carboxylic acids is 1. The Morgan fingerprint density at radius 2 is 2.24 bits per heavy atom. The molecule has 0 saturated carbocycles. The number of hydrogen-bond acceptors (Lipinski definition) is 5. The van der Waals surface area contributed by atoms with Crippen LogP contribution in [0.4, 0.5) is 5.82 Å². The molecule has 0 fully saturated rings. The van der Waals surface area contributed by atoms with E-state index in [-0.39, 0.29) is 17.4 Å². The van der Waals surface area contributed by atoms with E-state index in [0.29, 0.717) is 23.6 Å². The summed E-state index contributed by atoms with van der Waals surface area (Å²) in [7, 11) is 0. The highest BCUT2D eigenvalue weighted by atomic mass is 32.1. The second-order valence-corrected chi connectivity index (χ2v) is 6.61. The monoisotopic (exact) mass is 357 g/mol. The molecule has 0 aromatic carbocycles. The predicted molar refractivity (Wildman–Crippen MR) is 98.2 cm³/mol. The standard InChI is InChI=1S/C17H19N5O2S/c1-3-4-7-15(23)19-14-10-12(13-6-5-8-25-13)21-22(14)17-18-11(2)9-16(24)20-17/h5-6,8-10H,3-4,7H2,1-2H3,(H,19,23)(H,18,20,24). The summed E-state index contributed by atoms with van der Waals surface area (Å²) in [6.45, 7) is 3.77. The molecule has 0 saturated heterocycles. The van der Waals surface area contributed by atoms with Crippen LogP contribution in [-0.4, -0.2) is 25.7 Å². The van der Waals surface area contributed by atoms with Gasteiger partial charge >= 0.3 is 0 Å². The number of thiophene rings is 1. The molecule has 1 amide bonds. The van der Waals surface area contributed by atoms with Crippen LogP contribution in [0.1, 0.15) is 31.9 Å². The molecule has 3 heterocycles. The summed E-state index contributed by atoms with van der Waals surface area (Å²) >= 11 is 1.55. The van der Waals surface area contributed by atoms with Gasteiger partial charge in [0.25, 0.3) is 5.56 Å². The minimum Gasteiger partial charge on any atom is -0.310 e. The Morgan fingerprint density at radius 3 is 2.92 bits per heavy atom. The number of hydrogen-bond donors (Lipinski definition) is 2. The number of nitrogens with one attached hydrogen (secondary N) is 2. The number of rotatable bonds is 6. The topological polar surface area (TPSA) is 92.7 Å². The van der Waals surface area contributed by atoms with Crippen LogP contribution in [0.15, 0.2) is 34.4 Å². The van der Waals surface area contributed by atoms with Gasteiger partial charge in [-0.2, -0.15) is 9.78 Å². The summed E-state index contributed by atoms with van der Waals surface area (Å²) in [4.78, 5) is 31.9. The zero-order valence-electron chi connectivity index (χ0n) is 14.1. The maximum absolute atomic E-state index is 12.1. The zero-order valence-corrected chi connectivity index (χ0v) is 14.9. The average Bonchev–Trinajstić information content (AvgIpc) is 3.21. The van der Waals surface area contributed by atoms with E-state index in [4.69, 9.17) is 0 Å². The molecule has 0 aliphatic heterocycles. The van der Waals surface area contributed by atoms with E-state index in [1.165, 1.54) is 10.7 Å². The molecule has 0 radical (unpaired) electrons. The van der Waals surface area contributed by atoms with Crippen molar-refractivity contribution in [1.29, 1.82) is 0 Å². The molecular weight excluding hydrogens is 338 g/mol. The molecule has 130 valence electrons. The van der Waals surface area contributed by atoms with Crippen LogP contribution >= 0.6 is 11.3 Å². The van der Waals surface area contributed by atoms with Crippen molar-refractivity contribution in [3.05, 3.63) is 45.7 Å². The summed E-state index contributed by atoms with van der Waals surface area (Å²) in [6.07, 6.45) is 2.20. The number of anilines is 1. The smallest absolute Gasteiger partial charge is 0.252 e. The van der Waals surface area contributed by atoms with Crippen LogP contribution in [0, 0.1) is 6.92 Å². The van der Waals surface area contributed by atoms with E-state index in [1.807, 2.05) is 24.4 Å². The molecule has 0 aliphatic carbocycles. The van der Waals surface area contributed by atoms with E-state index >= 15 is 0 Å². The van der Waals surface area contributed by atoms with Crippen molar-refractivity contribution >= 4 is 23.1 Å². The number of H-pyrrole nitrogens is 1. The van der Waals surface area contributed by atoms with Crippen molar-refractivity contribution in [1.82, 2.24) is 19.7 Å². The van der Waals surface area contributed by atoms with Crippen molar-refractivity contribution in [2.45, 2.75) is 33.1 Å². The fraction of sp³-hybridized carbons (Fsp3) is 0.294. The Hall–Kier alpha value is -2.74. The van der Waals surface area contributed by atoms with E-state index in [1.54, 1.807) is 24.3 Å². The van der Waals surface area contributed by atoms with Gasteiger partial charge in [-0.25, -0.2) is 4.98 Å². The van der Waals surface area contributed by atoms with Crippen molar-refractivity contribution in [3.8, 4) is 16.5 Å². The number of amides is 1. The number of carbonyl (C=O) groups is 1. The van der Waals surface area contributed by atoms with Crippen LogP contribution < -0.4 is 10.9 Å². The third kappa shape index (κ3) is 4.03. The van der Waals surface area contributed by atoms with Gasteiger partial charge in [0.15, 0.2) is 0 Å². The number of aromatic nitrogens is 4. The summed E-state index contributed by atoms with van der Waals surface area (Å²) < 4.78 is 1.47. The maximum Gasteiger partial charge on any atom is 0.252 e. The van der Waals surface area contributed by atoms with Crippen LogP contribution in [0.2, 0.25) is 0 Å². The highest BCUT2D eigenvalue weighted by Gasteiger charge is 2.16. The molecular formula is C17H19N5O2S. The minimum atomic E-state index is -0.265. The van der Waals surface area contributed by atoms with Gasteiger partial charge in [0, 0.05) is 24.2 Å². The van der Waals surface area contributed by atoms with Gasteiger partial charge in [-0.15, -0.1) is 11.3 Å². The number of aromatic amines is 1. The molecule has 8 heteroatoms. The number of unbranched alkanes of at least 4 members (excludes halogenated alkanes) is 1. The fourth-order valence-corrected chi connectivity index (χ4v) is 3.06. The molecule has 7 nitrogen and oxygen atoms in total. The lowest BCUT2D eigenvalue weighted by Crippen LogP contribution is -2.18. The normalized spacial score (nSPS) is 10.8. The van der Waals surface area contributed by atoms with Crippen LogP contribution in [0.25, 0.3) is 16.5 Å². The van der Waals surface area contributed by atoms with E-state index in [2.05, 4.69) is 20.4 Å². The van der Waals surface area contributed by atoms with Crippen LogP contribution in [0.5, 0.6) is 0 Å². The van der Waals surface area contributed by atoms with Gasteiger partial charge in [-0.3, -0.25) is 14.6 Å². The molecule has 0 aliphatic rings. The van der Waals surface area contributed by atoms with Gasteiger partial charge < -0.3 is 5.32 Å². The average molecular weight is 357 g/mol. The SMILES string of the molecule is CCCCC(=O)Nc1cc(-c2cccs2)nn1-c1nc(C)cc(=O)[nH]1. The predicted octanol–water partition coefficient (Wildman–Crippen LogP) is 3.12. The quantitative estimate of drug-likeness (QED) is 0.709. The molecule has 2 N–H and O–H groups in total. The molecule has 0 atom stereocenters. The zero-order chi connectivity index (χ0) is 17.8. The summed E-state index contributed by atoms with van der Waals surface area (Å²) in [5.74, 6) is 0.674. The van der Waals surface area contributed by atoms with Crippen molar-refractivity contribution in [3.63, 3.8) is 0 Å². The Bertz CT molecular complexity index is 927. The molecule has 3 aromatic rings. The lowest BCUT2D eigenvalue weighted by molar-refractivity contribution is -0.116. The summed E-state index contributed by atoms with van der Waals surface area (Å²) in [6, 6.07) is 7.09. The Labute approximate surface area is 148 Å². The molecule has 0 unspecified atom stereocenters. The highest BCUT2D eigenvalue weighted by Crippen LogP contribution is 2.27. The van der Waals surface area contributed by atoms with Crippen molar-refractivity contribution < 1.29 is 4.79 Å². The largest absolute Gasteiger partial charge is 0.310 e. The molecule has 0 spiro atoms. The minimum absolute atomic E-state index is 0.0873. The number of nitrogens with zero attached hydrogens (tertiary/aromatic N) is 3. The lowest BCUT2D eigenvalue weighted by Gasteiger charge is -2.08. The summed E-state index contributed by atoms with van der Waals surface area (Å²) in [5, 5.41) is 9.35. The Kier molecular flexibility index (Phi) is 5.08. The Balaban J connectivity index is 2.02. The van der Waals surface area contributed by atoms with Gasteiger partial charge in [0.2, 0.25) is 11.9 Å². The van der Waals surface area contributed by atoms with E-state index in [0.717, 1.165) is 17.7 Å². The third-order valence-electron chi connectivity index (χ3n) is 3.57. The van der Waals surface area contributed by atoms with Crippen molar-refractivity contribution in [2.75, 3.05) is 5.32 Å². The highest BCUT2D eigenvalue weighted by molar-refractivity contribution is 7.13. The van der Waals surface area contributed by atoms with Gasteiger partial charge in [-0.05, 0) is 24.8 Å². The second kappa shape index (κ2) is 7.43. The molecule has 3 aromatic heterocycles. The van der Waals surface area contributed by atoms with E-state index in [9.17, 15) is 9.59 Å². The summed E-state index contributed by atoms with van der Waals surface area (Å²) in [5.41, 5.74) is 1.03. The first-order valence-corrected chi connectivity index (χ1v) is 8.97. The maximum atomic E-state index is 12.1. The number of aryl methyl sites for hydroxylation is 1. The third-order valence-corrected chi connectivity index (χ3v) is 4.46. The van der Waals surface area contributed by atoms with Gasteiger partial charge in [0.1, 0.15) is 11.5 Å². The molecule has 3 rings (SSSR count). The van der Waals surface area contributed by atoms with E-state index < -0.39 is 0 Å².